The van der Waals surface area contributed by atoms with E-state index in [4.69, 9.17) is 5.73 Å². The van der Waals surface area contributed by atoms with Crippen LogP contribution in [-0.4, -0.2) is 37.9 Å². The van der Waals surface area contributed by atoms with E-state index >= 15 is 0 Å². The summed E-state index contributed by atoms with van der Waals surface area (Å²) in [5.41, 5.74) is 5.31. The zero-order valence-corrected chi connectivity index (χ0v) is 9.38. The quantitative estimate of drug-likeness (QED) is 0.552. The molecule has 0 saturated heterocycles. The molecule has 82 valence electrons. The fourth-order valence-corrected chi connectivity index (χ4v) is 0.995. The molecule has 0 aliphatic heterocycles. The van der Waals surface area contributed by atoms with Gasteiger partial charge in [0.15, 0.2) is 0 Å². The van der Waals surface area contributed by atoms with E-state index in [9.17, 15) is 0 Å². The van der Waals surface area contributed by atoms with Crippen molar-refractivity contribution >= 4 is 18.9 Å². The number of nitrogens with two attached hydrogens (primary N) is 1. The van der Waals surface area contributed by atoms with Gasteiger partial charge in [0.1, 0.15) is 18.0 Å². The Balaban J connectivity index is 4.87. The molecule has 15 heavy (non-hydrogen) atoms. The molecule has 5 nitrogen and oxygen atoms in total. The van der Waals surface area contributed by atoms with Crippen molar-refractivity contribution in [3.8, 4) is 0 Å². The van der Waals surface area contributed by atoms with Gasteiger partial charge < -0.3 is 10.6 Å². The number of rotatable bonds is 4. The van der Waals surface area contributed by atoms with Crippen LogP contribution in [0.15, 0.2) is 39.2 Å². The van der Waals surface area contributed by atoms with Crippen LogP contribution in [0.2, 0.25) is 0 Å². The molecule has 0 saturated carbocycles. The molecule has 0 atom stereocenters. The van der Waals surface area contributed by atoms with Crippen LogP contribution in [0.4, 0.5) is 0 Å². The minimum Gasteiger partial charge on any atom is -0.404 e. The highest BCUT2D eigenvalue weighted by Gasteiger charge is 2.05. The third kappa shape index (κ3) is 4.21. The molecule has 0 aliphatic rings. The van der Waals surface area contributed by atoms with Gasteiger partial charge in [-0.05, 0) is 32.0 Å². The Labute approximate surface area is 90.4 Å². The molecule has 0 unspecified atom stereocenters. The highest BCUT2D eigenvalue weighted by atomic mass is 15.2. The molecule has 0 aromatic carbocycles. The molecule has 0 amide bonds. The number of hydrogen-bond acceptors (Lipinski definition) is 3. The second-order valence-electron chi connectivity index (χ2n) is 2.57. The van der Waals surface area contributed by atoms with Gasteiger partial charge in [-0.2, -0.15) is 0 Å². The van der Waals surface area contributed by atoms with Gasteiger partial charge in [0.25, 0.3) is 0 Å². The van der Waals surface area contributed by atoms with E-state index in [0.717, 1.165) is 5.82 Å². The lowest BCUT2D eigenvalue weighted by Gasteiger charge is -2.18. The first-order chi connectivity index (χ1) is 7.21. The summed E-state index contributed by atoms with van der Waals surface area (Å²) in [4.78, 5) is 13.5. The highest BCUT2D eigenvalue weighted by Crippen LogP contribution is 2.04. The van der Waals surface area contributed by atoms with Gasteiger partial charge in [-0.15, -0.1) is 0 Å². The molecule has 0 fully saturated rings. The van der Waals surface area contributed by atoms with Gasteiger partial charge >= 0.3 is 0 Å². The minimum absolute atomic E-state index is 0.715. The second-order valence-corrected chi connectivity index (χ2v) is 2.57. The molecule has 5 heteroatoms. The number of likely N-dealkylation sites (N-methyl/N-ethyl adjacent to an activating group) is 1. The van der Waals surface area contributed by atoms with Gasteiger partial charge in [-0.3, -0.25) is 9.98 Å². The summed E-state index contributed by atoms with van der Waals surface area (Å²) in [5.74, 6) is 1.44. The molecule has 2 N–H and O–H groups in total. The first-order valence-corrected chi connectivity index (χ1v) is 4.44. The highest BCUT2D eigenvalue weighted by molar-refractivity contribution is 5.93. The summed E-state index contributed by atoms with van der Waals surface area (Å²) >= 11 is 0. The predicted molar refractivity (Wildman–Crippen MR) is 66.2 cm³/mol. The molecule has 0 rings (SSSR count). The van der Waals surface area contributed by atoms with E-state index in [2.05, 4.69) is 21.7 Å². The number of nitrogens with zero attached hydrogens (tertiary/aromatic N) is 4. The number of hydrogen-bond donors (Lipinski definition) is 1. The molecule has 0 spiro atoms. The molecule has 0 bridgehead atoms. The summed E-state index contributed by atoms with van der Waals surface area (Å²) in [6, 6.07) is 0. The number of allylic oxidation sites excluding steroid dienone is 1. The number of aliphatic imine (C=N–C) groups is 3. The first-order valence-electron chi connectivity index (χ1n) is 4.44. The van der Waals surface area contributed by atoms with E-state index in [1.165, 1.54) is 12.5 Å². The van der Waals surface area contributed by atoms with E-state index in [1.807, 2.05) is 20.0 Å². The van der Waals surface area contributed by atoms with Crippen molar-refractivity contribution < 1.29 is 0 Å². The van der Waals surface area contributed by atoms with Gasteiger partial charge in [0.05, 0.1) is 0 Å². The van der Waals surface area contributed by atoms with E-state index < -0.39 is 0 Å². The zero-order valence-electron chi connectivity index (χ0n) is 9.38. The lowest BCUT2D eigenvalue weighted by Crippen LogP contribution is -2.23. The second kappa shape index (κ2) is 7.49. The van der Waals surface area contributed by atoms with Crippen LogP contribution in [0.5, 0.6) is 0 Å². The summed E-state index contributed by atoms with van der Waals surface area (Å²) in [7, 11) is 3.53. The van der Waals surface area contributed by atoms with Crippen LogP contribution >= 0.6 is 0 Å². The fourth-order valence-electron chi connectivity index (χ4n) is 0.995. The Morgan fingerprint density at radius 2 is 2.13 bits per heavy atom. The Bertz CT molecular complexity index is 312. The molecule has 0 radical (unpaired) electrons. The van der Waals surface area contributed by atoms with E-state index in [1.54, 1.807) is 18.0 Å². The van der Waals surface area contributed by atoms with Crippen LogP contribution in [0, 0.1) is 0 Å². The van der Waals surface area contributed by atoms with Crippen LogP contribution in [0.1, 0.15) is 6.92 Å². The minimum atomic E-state index is 0.715. The molecule has 0 aliphatic carbocycles. The zero-order chi connectivity index (χ0) is 11.7. The maximum Gasteiger partial charge on any atom is 0.131 e. The molecule has 0 aromatic rings. The monoisotopic (exact) mass is 207 g/mol. The van der Waals surface area contributed by atoms with Crippen LogP contribution in [0.25, 0.3) is 0 Å². The lowest BCUT2D eigenvalue weighted by atomic mass is 10.4. The van der Waals surface area contributed by atoms with Gasteiger partial charge in [-0.1, -0.05) is 0 Å². The largest absolute Gasteiger partial charge is 0.404 e. The summed E-state index contributed by atoms with van der Waals surface area (Å²) < 4.78 is 0. The standard InChI is InChI=1S/C10H17N5/c1-5-9(14-8-12-2)15(4)10(13-3)6-7-11/h5-8H,2,11H2,1,3-4H3/b7-6-,9-5+,13-10+,14-8-. The maximum atomic E-state index is 5.31. The Morgan fingerprint density at radius 1 is 1.47 bits per heavy atom. The van der Waals surface area contributed by atoms with Gasteiger partial charge in [0, 0.05) is 14.1 Å². The van der Waals surface area contributed by atoms with Crippen molar-refractivity contribution in [1.82, 2.24) is 4.90 Å². The molecule has 0 heterocycles. The molecular weight excluding hydrogens is 190 g/mol. The topological polar surface area (TPSA) is 66.3 Å². The summed E-state index contributed by atoms with van der Waals surface area (Å²) in [6.07, 6.45) is 6.35. The van der Waals surface area contributed by atoms with E-state index in [-0.39, 0.29) is 0 Å². The van der Waals surface area contributed by atoms with Crippen LogP contribution in [-0.2, 0) is 0 Å². The maximum absolute atomic E-state index is 5.31. The first kappa shape index (κ1) is 13.1. The Morgan fingerprint density at radius 3 is 2.53 bits per heavy atom. The molecule has 0 aromatic heterocycles. The fraction of sp³-hybridized carbons (Fsp3) is 0.300. The lowest BCUT2D eigenvalue weighted by molar-refractivity contribution is 0.618. The normalized spacial score (nSPS) is 13.8. The van der Waals surface area contributed by atoms with E-state index in [0.29, 0.717) is 5.84 Å². The predicted octanol–water partition coefficient (Wildman–Crippen LogP) is 1.01. The molecular formula is C10H17N5. The third-order valence-corrected chi connectivity index (χ3v) is 1.69. The van der Waals surface area contributed by atoms with Crippen molar-refractivity contribution in [3.63, 3.8) is 0 Å². The number of amidine groups is 1. The summed E-state index contributed by atoms with van der Waals surface area (Å²) in [6.45, 7) is 5.20. The van der Waals surface area contributed by atoms with Crippen molar-refractivity contribution in [3.05, 3.63) is 24.2 Å². The van der Waals surface area contributed by atoms with Gasteiger partial charge in [0.2, 0.25) is 0 Å². The Hall–Kier alpha value is -1.91. The van der Waals surface area contributed by atoms with Crippen molar-refractivity contribution in [2.45, 2.75) is 6.92 Å². The van der Waals surface area contributed by atoms with Crippen molar-refractivity contribution in [2.24, 2.45) is 20.7 Å². The van der Waals surface area contributed by atoms with Crippen molar-refractivity contribution in [1.29, 1.82) is 0 Å². The SMILES string of the molecule is C=N/C=N\C(=C/C)N(C)C(/C=C\N)=N/C. The average Bonchev–Trinajstić information content (AvgIpc) is 2.26. The van der Waals surface area contributed by atoms with Gasteiger partial charge in [-0.25, -0.2) is 4.99 Å². The van der Waals surface area contributed by atoms with Crippen molar-refractivity contribution in [2.75, 3.05) is 14.1 Å². The van der Waals surface area contributed by atoms with Crippen LogP contribution < -0.4 is 5.73 Å². The third-order valence-electron chi connectivity index (χ3n) is 1.69. The van der Waals surface area contributed by atoms with Crippen LogP contribution in [0.3, 0.4) is 0 Å². The average molecular weight is 207 g/mol. The summed E-state index contributed by atoms with van der Waals surface area (Å²) in [5, 5.41) is 0. The smallest absolute Gasteiger partial charge is 0.131 e. The Kier molecular flexibility index (Phi) is 6.54.